The van der Waals surface area contributed by atoms with Gasteiger partial charge in [0.25, 0.3) is 0 Å². The van der Waals surface area contributed by atoms with Crippen molar-refractivity contribution < 1.29 is 0 Å². The first kappa shape index (κ1) is 14.7. The Morgan fingerprint density at radius 1 is 1.19 bits per heavy atom. The molecule has 0 atom stereocenters. The highest BCUT2D eigenvalue weighted by atomic mass is 79.9. The van der Waals surface area contributed by atoms with Gasteiger partial charge in [-0.2, -0.15) is 0 Å². The van der Waals surface area contributed by atoms with E-state index in [1.54, 1.807) is 0 Å². The number of hydrogen-bond donors (Lipinski definition) is 0. The summed E-state index contributed by atoms with van der Waals surface area (Å²) in [5, 5.41) is 0. The maximum absolute atomic E-state index is 4.58. The second-order valence-corrected chi connectivity index (χ2v) is 6.45. The molecule has 1 aliphatic rings. The zero-order valence-electron chi connectivity index (χ0n) is 12.4. The Morgan fingerprint density at radius 3 is 2.95 bits per heavy atom. The summed E-state index contributed by atoms with van der Waals surface area (Å²) >= 11 is 3.47. The molecule has 21 heavy (non-hydrogen) atoms. The lowest BCUT2D eigenvalue weighted by molar-refractivity contribution is 0.294. The zero-order chi connectivity index (χ0) is 14.7. The van der Waals surface area contributed by atoms with E-state index in [4.69, 9.17) is 0 Å². The fraction of sp³-hybridized carbons (Fsp3) is 0.500. The van der Waals surface area contributed by atoms with Crippen LogP contribution < -0.4 is 4.90 Å². The number of aromatic nitrogens is 2. The molecule has 0 saturated carbocycles. The molecule has 5 heteroatoms. The minimum atomic E-state index is 0.955. The average molecular weight is 349 g/mol. The maximum Gasteiger partial charge on any atom is 0.112 e. The Balaban J connectivity index is 1.86. The normalized spacial score (nSPS) is 17.1. The molecule has 4 nitrogen and oxygen atoms in total. The molecule has 0 aromatic carbocycles. The third-order valence-electron chi connectivity index (χ3n) is 3.99. The van der Waals surface area contributed by atoms with Gasteiger partial charge >= 0.3 is 0 Å². The van der Waals surface area contributed by atoms with E-state index in [0.717, 1.165) is 35.1 Å². The molecule has 2 aromatic rings. The molecule has 0 amide bonds. The van der Waals surface area contributed by atoms with Crippen molar-refractivity contribution in [3.8, 4) is 0 Å². The van der Waals surface area contributed by atoms with E-state index < -0.39 is 0 Å². The first-order valence-corrected chi connectivity index (χ1v) is 8.45. The van der Waals surface area contributed by atoms with Crippen molar-refractivity contribution in [1.29, 1.82) is 0 Å². The van der Waals surface area contributed by atoms with Crippen molar-refractivity contribution in [3.05, 3.63) is 29.0 Å². The topological polar surface area (TPSA) is 32.3 Å². The summed E-state index contributed by atoms with van der Waals surface area (Å²) in [6, 6.07) is 4.13. The number of nitrogens with zero attached hydrogens (tertiary/aromatic N) is 4. The Labute approximate surface area is 134 Å². The molecule has 0 radical (unpaired) electrons. The van der Waals surface area contributed by atoms with E-state index in [2.05, 4.69) is 48.7 Å². The molecule has 0 N–H and O–H groups in total. The number of rotatable bonds is 3. The van der Waals surface area contributed by atoms with Gasteiger partial charge in [0.15, 0.2) is 0 Å². The zero-order valence-corrected chi connectivity index (χ0v) is 14.0. The van der Waals surface area contributed by atoms with E-state index in [-0.39, 0.29) is 0 Å². The molecular weight excluding hydrogens is 328 g/mol. The van der Waals surface area contributed by atoms with Gasteiger partial charge in [-0.15, -0.1) is 0 Å². The predicted octanol–water partition coefficient (Wildman–Crippen LogP) is 3.31. The van der Waals surface area contributed by atoms with Crippen molar-refractivity contribution >= 4 is 32.7 Å². The molecule has 0 spiro atoms. The highest BCUT2D eigenvalue weighted by Gasteiger charge is 2.17. The van der Waals surface area contributed by atoms with Crippen LogP contribution in [0, 0.1) is 0 Å². The number of anilines is 1. The van der Waals surface area contributed by atoms with Crippen molar-refractivity contribution in [2.75, 3.05) is 37.6 Å². The summed E-state index contributed by atoms with van der Waals surface area (Å²) < 4.78 is 0.977. The van der Waals surface area contributed by atoms with Gasteiger partial charge in [0.2, 0.25) is 0 Å². The summed E-state index contributed by atoms with van der Waals surface area (Å²) in [5.74, 6) is 0. The van der Waals surface area contributed by atoms with Crippen molar-refractivity contribution in [2.24, 2.45) is 0 Å². The summed E-state index contributed by atoms with van der Waals surface area (Å²) in [5.41, 5.74) is 3.17. The molecule has 1 fully saturated rings. The molecule has 1 saturated heterocycles. The number of fused-ring (bicyclic) bond motifs is 1. The van der Waals surface area contributed by atoms with Crippen LogP contribution in [0.15, 0.2) is 29.0 Å². The van der Waals surface area contributed by atoms with Crippen LogP contribution in [-0.4, -0.2) is 47.6 Å². The van der Waals surface area contributed by atoms with Crippen molar-refractivity contribution in [2.45, 2.75) is 19.8 Å². The highest BCUT2D eigenvalue weighted by Crippen LogP contribution is 2.26. The summed E-state index contributed by atoms with van der Waals surface area (Å²) in [4.78, 5) is 14.0. The van der Waals surface area contributed by atoms with E-state index >= 15 is 0 Å². The van der Waals surface area contributed by atoms with E-state index in [1.807, 2.05) is 18.5 Å². The Kier molecular flexibility index (Phi) is 4.70. The van der Waals surface area contributed by atoms with Crippen LogP contribution in [0.4, 0.5) is 5.69 Å². The molecule has 1 aliphatic heterocycles. The molecule has 3 rings (SSSR count). The Bertz CT molecular complexity index is 616. The van der Waals surface area contributed by atoms with Gasteiger partial charge in [-0.1, -0.05) is 6.92 Å². The number of pyridine rings is 2. The van der Waals surface area contributed by atoms with Gasteiger partial charge in [0.1, 0.15) is 5.52 Å². The minimum Gasteiger partial charge on any atom is -0.368 e. The molecule has 2 aromatic heterocycles. The van der Waals surface area contributed by atoms with Gasteiger partial charge in [0.05, 0.1) is 11.2 Å². The summed E-state index contributed by atoms with van der Waals surface area (Å²) in [6.07, 6.45) is 6.18. The van der Waals surface area contributed by atoms with Gasteiger partial charge in [-0.3, -0.25) is 9.97 Å². The Morgan fingerprint density at radius 2 is 2.10 bits per heavy atom. The average Bonchev–Trinajstić information content (AvgIpc) is 2.72. The fourth-order valence-corrected chi connectivity index (χ4v) is 3.32. The van der Waals surface area contributed by atoms with Crippen molar-refractivity contribution in [3.63, 3.8) is 0 Å². The number of halogens is 1. The van der Waals surface area contributed by atoms with Crippen LogP contribution in [0.3, 0.4) is 0 Å². The van der Waals surface area contributed by atoms with Crippen LogP contribution in [0.2, 0.25) is 0 Å². The maximum atomic E-state index is 4.58. The van der Waals surface area contributed by atoms with Gasteiger partial charge in [-0.25, -0.2) is 0 Å². The van der Waals surface area contributed by atoms with Crippen LogP contribution in [0.1, 0.15) is 19.8 Å². The van der Waals surface area contributed by atoms with Crippen LogP contribution in [-0.2, 0) is 0 Å². The van der Waals surface area contributed by atoms with E-state index in [0.29, 0.717) is 0 Å². The van der Waals surface area contributed by atoms with Gasteiger partial charge in [0, 0.05) is 36.5 Å². The monoisotopic (exact) mass is 348 g/mol. The van der Waals surface area contributed by atoms with Crippen LogP contribution in [0.25, 0.3) is 11.0 Å². The molecule has 112 valence electrons. The van der Waals surface area contributed by atoms with Gasteiger partial charge < -0.3 is 9.80 Å². The van der Waals surface area contributed by atoms with E-state index in [9.17, 15) is 0 Å². The third kappa shape index (κ3) is 3.35. The lowest BCUT2D eigenvalue weighted by Crippen LogP contribution is -2.31. The fourth-order valence-electron chi connectivity index (χ4n) is 3.00. The molecule has 3 heterocycles. The quantitative estimate of drug-likeness (QED) is 0.851. The first-order chi connectivity index (χ1) is 10.3. The molecule has 0 unspecified atom stereocenters. The van der Waals surface area contributed by atoms with E-state index in [1.165, 1.54) is 31.6 Å². The lowest BCUT2D eigenvalue weighted by atomic mass is 10.2. The standard InChI is InChI=1S/C16H21BrN4/c1-2-6-20-7-3-8-21(10-9-20)15-4-5-18-14-11-13(17)12-19-16(14)15/h4-5,11-12H,2-3,6-10H2,1H3. The van der Waals surface area contributed by atoms with Crippen LogP contribution in [0.5, 0.6) is 0 Å². The second-order valence-electron chi connectivity index (χ2n) is 5.53. The number of hydrogen-bond acceptors (Lipinski definition) is 4. The SMILES string of the molecule is CCCN1CCCN(c2ccnc3cc(Br)cnc23)CC1. The summed E-state index contributed by atoms with van der Waals surface area (Å²) in [6.45, 7) is 7.95. The molecule has 0 aliphatic carbocycles. The summed E-state index contributed by atoms with van der Waals surface area (Å²) in [7, 11) is 0. The highest BCUT2D eigenvalue weighted by molar-refractivity contribution is 9.10. The molecule has 0 bridgehead atoms. The van der Waals surface area contributed by atoms with Crippen LogP contribution >= 0.6 is 15.9 Å². The minimum absolute atomic E-state index is 0.955. The van der Waals surface area contributed by atoms with Gasteiger partial charge in [-0.05, 0) is 54.0 Å². The van der Waals surface area contributed by atoms with Crippen molar-refractivity contribution in [1.82, 2.24) is 14.9 Å². The second kappa shape index (κ2) is 6.71. The molecular formula is C16H21BrN4. The lowest BCUT2D eigenvalue weighted by Gasteiger charge is -2.24. The largest absolute Gasteiger partial charge is 0.368 e. The first-order valence-electron chi connectivity index (χ1n) is 7.65. The Hall–Kier alpha value is -1.20. The predicted molar refractivity (Wildman–Crippen MR) is 90.8 cm³/mol. The smallest absolute Gasteiger partial charge is 0.112 e. The third-order valence-corrected chi connectivity index (χ3v) is 4.43.